The Morgan fingerprint density at radius 1 is 1.33 bits per heavy atom. The molecule has 0 aromatic carbocycles. The van der Waals surface area contributed by atoms with E-state index >= 15 is 0 Å². The SMILES string of the molecule is COC(=O)c1ncsc1S(=O)(=O)Nc1nc(C(C)=O)cs1. The molecule has 2 heterocycles. The molecule has 0 radical (unpaired) electrons. The van der Waals surface area contributed by atoms with Crippen LogP contribution in [-0.2, 0) is 14.8 Å². The van der Waals surface area contributed by atoms with Gasteiger partial charge in [-0.2, -0.15) is 0 Å². The van der Waals surface area contributed by atoms with Crippen LogP contribution in [0.1, 0.15) is 27.9 Å². The van der Waals surface area contributed by atoms with Crippen molar-refractivity contribution >= 4 is 49.6 Å². The minimum atomic E-state index is -4.03. The number of ether oxygens (including phenoxy) is 1. The monoisotopic (exact) mass is 347 g/mol. The van der Waals surface area contributed by atoms with Crippen LogP contribution >= 0.6 is 22.7 Å². The lowest BCUT2D eigenvalue weighted by Gasteiger charge is -2.03. The molecule has 2 aromatic rings. The zero-order valence-electron chi connectivity index (χ0n) is 10.8. The Labute approximate surface area is 127 Å². The third kappa shape index (κ3) is 3.25. The second-order valence-corrected chi connectivity index (χ2v) is 7.27. The molecule has 2 aromatic heterocycles. The lowest BCUT2D eigenvalue weighted by atomic mass is 10.4. The summed E-state index contributed by atoms with van der Waals surface area (Å²) in [6, 6.07) is 0. The van der Waals surface area contributed by atoms with E-state index in [9.17, 15) is 18.0 Å². The number of hydrogen-bond donors (Lipinski definition) is 1. The number of thiazole rings is 2. The maximum atomic E-state index is 12.2. The zero-order chi connectivity index (χ0) is 15.6. The lowest BCUT2D eigenvalue weighted by Crippen LogP contribution is -2.16. The van der Waals surface area contributed by atoms with Crippen molar-refractivity contribution in [2.45, 2.75) is 11.1 Å². The van der Waals surface area contributed by atoms with E-state index in [0.717, 1.165) is 29.8 Å². The van der Waals surface area contributed by atoms with Crippen molar-refractivity contribution in [3.05, 3.63) is 22.3 Å². The highest BCUT2D eigenvalue weighted by molar-refractivity contribution is 7.94. The minimum absolute atomic E-state index is 0.0319. The Hall–Kier alpha value is -1.85. The largest absolute Gasteiger partial charge is 0.464 e. The first kappa shape index (κ1) is 15.5. The molecule has 0 aliphatic heterocycles. The predicted molar refractivity (Wildman–Crippen MR) is 76.4 cm³/mol. The van der Waals surface area contributed by atoms with Gasteiger partial charge in [-0.1, -0.05) is 0 Å². The van der Waals surface area contributed by atoms with Gasteiger partial charge >= 0.3 is 5.97 Å². The summed E-state index contributed by atoms with van der Waals surface area (Å²) in [5, 5.41) is 1.47. The molecule has 1 N–H and O–H groups in total. The van der Waals surface area contributed by atoms with E-state index in [2.05, 4.69) is 19.4 Å². The maximum Gasteiger partial charge on any atom is 0.358 e. The molecule has 0 aliphatic carbocycles. The molecule has 0 bridgehead atoms. The second kappa shape index (κ2) is 5.87. The van der Waals surface area contributed by atoms with Crippen LogP contribution in [0.2, 0.25) is 0 Å². The first-order chi connectivity index (χ1) is 9.85. The van der Waals surface area contributed by atoms with Crippen LogP contribution in [-0.4, -0.2) is 37.2 Å². The van der Waals surface area contributed by atoms with Gasteiger partial charge in [0.25, 0.3) is 10.0 Å². The number of carbonyl (C=O) groups is 2. The summed E-state index contributed by atoms with van der Waals surface area (Å²) in [4.78, 5) is 30.1. The summed E-state index contributed by atoms with van der Waals surface area (Å²) >= 11 is 1.75. The number of nitrogens with one attached hydrogen (secondary N) is 1. The molecule has 11 heteroatoms. The Morgan fingerprint density at radius 3 is 2.62 bits per heavy atom. The van der Waals surface area contributed by atoms with E-state index in [0.29, 0.717) is 0 Å². The van der Waals surface area contributed by atoms with E-state index in [-0.39, 0.29) is 26.5 Å². The number of nitrogens with zero attached hydrogens (tertiary/aromatic N) is 2. The average molecular weight is 347 g/mol. The highest BCUT2D eigenvalue weighted by Gasteiger charge is 2.27. The smallest absolute Gasteiger partial charge is 0.358 e. The summed E-state index contributed by atoms with van der Waals surface area (Å²) < 4.78 is 30.8. The molecule has 0 aliphatic rings. The number of aromatic nitrogens is 2. The predicted octanol–water partition coefficient (Wildman–Crippen LogP) is 1.39. The van der Waals surface area contributed by atoms with Crippen molar-refractivity contribution in [1.29, 1.82) is 0 Å². The number of Topliss-reactive ketones (excluding diaryl/α,β-unsaturated/α-hetero) is 1. The Balaban J connectivity index is 2.32. The average Bonchev–Trinajstić information content (AvgIpc) is 3.05. The fraction of sp³-hybridized carbons (Fsp3) is 0.200. The standard InChI is InChI=1S/C10H9N3O5S3/c1-5(14)6-3-19-10(12-6)13-21(16,17)9-7(8(15)18-2)11-4-20-9/h3-4H,1-2H3,(H,12,13). The maximum absolute atomic E-state index is 12.2. The molecule has 112 valence electrons. The summed E-state index contributed by atoms with van der Waals surface area (Å²) in [5.74, 6) is -1.12. The van der Waals surface area contributed by atoms with E-state index in [1.54, 1.807) is 0 Å². The lowest BCUT2D eigenvalue weighted by molar-refractivity contribution is 0.0590. The quantitative estimate of drug-likeness (QED) is 0.642. The molecule has 0 spiro atoms. The molecule has 8 nitrogen and oxygen atoms in total. The molecule has 0 fully saturated rings. The van der Waals surface area contributed by atoms with Crippen LogP contribution < -0.4 is 4.72 Å². The van der Waals surface area contributed by atoms with Gasteiger partial charge in [0.2, 0.25) is 0 Å². The molecule has 2 rings (SSSR count). The normalized spacial score (nSPS) is 11.1. The van der Waals surface area contributed by atoms with E-state index < -0.39 is 16.0 Å². The number of sulfonamides is 1. The molecule has 0 atom stereocenters. The van der Waals surface area contributed by atoms with Crippen LogP contribution in [0.25, 0.3) is 0 Å². The van der Waals surface area contributed by atoms with Crippen molar-refractivity contribution in [3.8, 4) is 0 Å². The van der Waals surface area contributed by atoms with Crippen LogP contribution in [0.3, 0.4) is 0 Å². The van der Waals surface area contributed by atoms with Gasteiger partial charge in [0.15, 0.2) is 20.8 Å². The van der Waals surface area contributed by atoms with Gasteiger partial charge in [-0.05, 0) is 0 Å². The summed E-state index contributed by atoms with van der Waals surface area (Å²) in [6.07, 6.45) is 0. The number of hydrogen-bond acceptors (Lipinski definition) is 9. The first-order valence-corrected chi connectivity index (χ1v) is 8.60. The Bertz CT molecular complexity index is 792. The number of methoxy groups -OCH3 is 1. The Morgan fingerprint density at radius 2 is 2.05 bits per heavy atom. The fourth-order valence-corrected chi connectivity index (χ4v) is 4.44. The van der Waals surface area contributed by atoms with Crippen molar-refractivity contribution in [1.82, 2.24) is 9.97 Å². The van der Waals surface area contributed by atoms with E-state index in [4.69, 9.17) is 0 Å². The van der Waals surface area contributed by atoms with Gasteiger partial charge in [-0.3, -0.25) is 9.52 Å². The number of carbonyl (C=O) groups excluding carboxylic acids is 2. The molecule has 0 amide bonds. The molecule has 0 unspecified atom stereocenters. The van der Waals surface area contributed by atoms with Crippen LogP contribution in [0.5, 0.6) is 0 Å². The summed E-state index contributed by atoms with van der Waals surface area (Å²) in [7, 11) is -2.90. The summed E-state index contributed by atoms with van der Waals surface area (Å²) in [5.41, 5.74) is 1.09. The fourth-order valence-electron chi connectivity index (χ4n) is 1.30. The molecular formula is C10H9N3O5S3. The number of rotatable bonds is 5. The highest BCUT2D eigenvalue weighted by Crippen LogP contribution is 2.25. The van der Waals surface area contributed by atoms with E-state index in [1.807, 2.05) is 0 Å². The first-order valence-electron chi connectivity index (χ1n) is 5.36. The number of esters is 1. The van der Waals surface area contributed by atoms with Crippen molar-refractivity contribution in [2.75, 3.05) is 11.8 Å². The van der Waals surface area contributed by atoms with Gasteiger partial charge in [0.05, 0.1) is 12.6 Å². The van der Waals surface area contributed by atoms with Gasteiger partial charge in [-0.25, -0.2) is 23.2 Å². The van der Waals surface area contributed by atoms with Gasteiger partial charge in [-0.15, -0.1) is 22.7 Å². The highest BCUT2D eigenvalue weighted by atomic mass is 32.2. The zero-order valence-corrected chi connectivity index (χ0v) is 13.3. The number of ketones is 1. The third-order valence-corrected chi connectivity index (χ3v) is 5.84. The molecular weight excluding hydrogens is 338 g/mol. The molecule has 0 saturated heterocycles. The van der Waals surface area contributed by atoms with Gasteiger partial charge in [0, 0.05) is 12.3 Å². The van der Waals surface area contributed by atoms with Gasteiger partial charge < -0.3 is 4.74 Å². The minimum Gasteiger partial charge on any atom is -0.464 e. The second-order valence-electron chi connectivity index (χ2n) is 3.68. The van der Waals surface area contributed by atoms with Crippen molar-refractivity contribution in [3.63, 3.8) is 0 Å². The van der Waals surface area contributed by atoms with Crippen LogP contribution in [0.15, 0.2) is 15.1 Å². The van der Waals surface area contributed by atoms with Crippen molar-refractivity contribution in [2.24, 2.45) is 0 Å². The molecule has 0 saturated carbocycles. The summed E-state index contributed by atoms with van der Waals surface area (Å²) in [6.45, 7) is 1.33. The Kier molecular flexibility index (Phi) is 4.34. The molecule has 21 heavy (non-hydrogen) atoms. The van der Waals surface area contributed by atoms with Gasteiger partial charge in [0.1, 0.15) is 5.69 Å². The topological polar surface area (TPSA) is 115 Å². The van der Waals surface area contributed by atoms with E-state index in [1.165, 1.54) is 17.8 Å². The van der Waals surface area contributed by atoms with Crippen LogP contribution in [0, 0.1) is 0 Å². The number of anilines is 1. The third-order valence-electron chi connectivity index (χ3n) is 2.24. The van der Waals surface area contributed by atoms with Crippen molar-refractivity contribution < 1.29 is 22.7 Å². The van der Waals surface area contributed by atoms with Crippen LogP contribution in [0.4, 0.5) is 5.13 Å².